The van der Waals surface area contributed by atoms with Crippen molar-refractivity contribution in [3.63, 3.8) is 0 Å². The maximum atomic E-state index is 12.3. The Kier molecular flexibility index (Phi) is 3.90. The summed E-state index contributed by atoms with van der Waals surface area (Å²) in [6.45, 7) is 3.60. The second kappa shape index (κ2) is 5.87. The van der Waals surface area contributed by atoms with Gasteiger partial charge in [-0.3, -0.25) is 4.79 Å². The van der Waals surface area contributed by atoms with Gasteiger partial charge in [0.2, 0.25) is 5.78 Å². The minimum atomic E-state index is -0.616. The van der Waals surface area contributed by atoms with Gasteiger partial charge in [-0.25, -0.2) is 4.79 Å². The van der Waals surface area contributed by atoms with Crippen LogP contribution in [0.4, 0.5) is 0 Å². The molecule has 3 rings (SSSR count). The van der Waals surface area contributed by atoms with E-state index in [-0.39, 0.29) is 18.0 Å². The first kappa shape index (κ1) is 15.3. The van der Waals surface area contributed by atoms with Gasteiger partial charge in [-0.2, -0.15) is 4.73 Å². The Morgan fingerprint density at radius 3 is 2.57 bits per heavy atom. The lowest BCUT2D eigenvalue weighted by Gasteiger charge is -2.08. The number of esters is 1. The van der Waals surface area contributed by atoms with E-state index >= 15 is 0 Å². The number of carbonyl (C=O) groups is 2. The standard InChI is InChI=1S/C17H18N2O4/c1-11-9-15(12(2)19(11)14-3-4-14)16(20)10-23-17(21)13-5-7-18(22)8-6-13/h5-9,14H,3-4,10H2,1-2H3. The van der Waals surface area contributed by atoms with Crippen LogP contribution < -0.4 is 4.73 Å². The van der Waals surface area contributed by atoms with Gasteiger partial charge in [-0.05, 0) is 32.8 Å². The maximum absolute atomic E-state index is 12.3. The summed E-state index contributed by atoms with van der Waals surface area (Å²) in [6.07, 6.45) is 4.71. The first-order valence-electron chi connectivity index (χ1n) is 7.55. The van der Waals surface area contributed by atoms with Gasteiger partial charge in [0.1, 0.15) is 0 Å². The maximum Gasteiger partial charge on any atom is 0.339 e. The molecule has 0 aliphatic heterocycles. The zero-order valence-corrected chi connectivity index (χ0v) is 13.1. The molecule has 1 aliphatic carbocycles. The topological polar surface area (TPSA) is 75.2 Å². The molecule has 0 atom stereocenters. The Morgan fingerprint density at radius 2 is 1.96 bits per heavy atom. The molecular formula is C17H18N2O4. The number of hydrogen-bond donors (Lipinski definition) is 0. The van der Waals surface area contributed by atoms with Crippen molar-refractivity contribution in [3.8, 4) is 0 Å². The average Bonchev–Trinajstić information content (AvgIpc) is 3.31. The molecule has 0 amide bonds. The molecule has 1 aliphatic rings. The van der Waals surface area contributed by atoms with Gasteiger partial charge in [0.25, 0.3) is 0 Å². The summed E-state index contributed by atoms with van der Waals surface area (Å²) in [7, 11) is 0. The van der Waals surface area contributed by atoms with Crippen molar-refractivity contribution < 1.29 is 19.1 Å². The van der Waals surface area contributed by atoms with E-state index in [1.807, 2.05) is 19.9 Å². The molecule has 6 heteroatoms. The normalized spacial score (nSPS) is 13.8. The smallest absolute Gasteiger partial charge is 0.339 e. The molecule has 0 N–H and O–H groups in total. The zero-order chi connectivity index (χ0) is 16.6. The number of rotatable bonds is 5. The molecule has 0 saturated heterocycles. The SMILES string of the molecule is Cc1cc(C(=O)COC(=O)c2cc[n+]([O-])cc2)c(C)n1C1CC1. The number of Topliss-reactive ketones (excluding diaryl/α,β-unsaturated/α-hetero) is 1. The van der Waals surface area contributed by atoms with Gasteiger partial charge in [0.05, 0.1) is 5.56 Å². The number of hydrogen-bond acceptors (Lipinski definition) is 4. The van der Waals surface area contributed by atoms with Crippen molar-refractivity contribution in [2.45, 2.75) is 32.7 Å². The summed E-state index contributed by atoms with van der Waals surface area (Å²) in [4.78, 5) is 24.2. The van der Waals surface area contributed by atoms with Gasteiger partial charge in [-0.1, -0.05) is 0 Å². The van der Waals surface area contributed by atoms with E-state index in [2.05, 4.69) is 4.57 Å². The molecule has 6 nitrogen and oxygen atoms in total. The second-order valence-electron chi connectivity index (χ2n) is 5.83. The van der Waals surface area contributed by atoms with Crippen LogP contribution in [-0.2, 0) is 4.74 Å². The fourth-order valence-corrected chi connectivity index (χ4v) is 2.80. The molecule has 2 aromatic heterocycles. The molecule has 0 unspecified atom stereocenters. The molecule has 1 saturated carbocycles. The van der Waals surface area contributed by atoms with Gasteiger partial charge in [-0.15, -0.1) is 0 Å². The highest BCUT2D eigenvalue weighted by Gasteiger charge is 2.28. The van der Waals surface area contributed by atoms with E-state index in [0.29, 0.717) is 16.3 Å². The van der Waals surface area contributed by atoms with Crippen LogP contribution in [0.25, 0.3) is 0 Å². The second-order valence-corrected chi connectivity index (χ2v) is 5.83. The number of ether oxygens (including phenoxy) is 1. The highest BCUT2D eigenvalue weighted by atomic mass is 16.5. The molecular weight excluding hydrogens is 296 g/mol. The Bertz CT molecular complexity index is 758. The molecule has 1 fully saturated rings. The summed E-state index contributed by atoms with van der Waals surface area (Å²) in [5.74, 6) is -0.830. The summed E-state index contributed by atoms with van der Waals surface area (Å²) in [5.41, 5.74) is 2.84. The summed E-state index contributed by atoms with van der Waals surface area (Å²) < 4.78 is 7.81. The van der Waals surface area contributed by atoms with E-state index in [0.717, 1.165) is 24.2 Å². The van der Waals surface area contributed by atoms with Crippen LogP contribution in [0, 0.1) is 19.1 Å². The fraction of sp³-hybridized carbons (Fsp3) is 0.353. The molecule has 0 spiro atoms. The van der Waals surface area contributed by atoms with E-state index in [4.69, 9.17) is 4.74 Å². The lowest BCUT2D eigenvalue weighted by molar-refractivity contribution is -0.605. The van der Waals surface area contributed by atoms with E-state index < -0.39 is 5.97 Å². The molecule has 23 heavy (non-hydrogen) atoms. The quantitative estimate of drug-likeness (QED) is 0.367. The van der Waals surface area contributed by atoms with Gasteiger partial charge >= 0.3 is 5.97 Å². The van der Waals surface area contributed by atoms with Gasteiger partial charge in [0.15, 0.2) is 19.0 Å². The van der Waals surface area contributed by atoms with Crippen LogP contribution >= 0.6 is 0 Å². The molecule has 2 aromatic rings. The summed E-state index contributed by atoms with van der Waals surface area (Å²) >= 11 is 0. The van der Waals surface area contributed by atoms with Crippen LogP contribution in [0.3, 0.4) is 0 Å². The summed E-state index contributed by atoms with van der Waals surface area (Å²) in [6, 6.07) is 5.08. The number of aromatic nitrogens is 2. The lowest BCUT2D eigenvalue weighted by Crippen LogP contribution is -2.24. The van der Waals surface area contributed by atoms with Gasteiger partial charge in [0, 0.05) is 35.1 Å². The van der Waals surface area contributed by atoms with Crippen LogP contribution in [-0.4, -0.2) is 22.9 Å². The van der Waals surface area contributed by atoms with Crippen LogP contribution in [0.15, 0.2) is 30.6 Å². The Morgan fingerprint density at radius 1 is 1.30 bits per heavy atom. The van der Waals surface area contributed by atoms with E-state index in [1.165, 1.54) is 24.5 Å². The highest BCUT2D eigenvalue weighted by Crippen LogP contribution is 2.38. The Labute approximate surface area is 133 Å². The van der Waals surface area contributed by atoms with Crippen molar-refractivity contribution in [2.24, 2.45) is 0 Å². The average molecular weight is 314 g/mol. The third kappa shape index (κ3) is 3.11. The first-order chi connectivity index (χ1) is 11.0. The van der Waals surface area contributed by atoms with Crippen molar-refractivity contribution >= 4 is 11.8 Å². The van der Waals surface area contributed by atoms with Gasteiger partial charge < -0.3 is 14.5 Å². The fourth-order valence-electron chi connectivity index (χ4n) is 2.80. The lowest BCUT2D eigenvalue weighted by atomic mass is 10.1. The number of aryl methyl sites for hydroxylation is 1. The largest absolute Gasteiger partial charge is 0.619 e. The van der Waals surface area contributed by atoms with Crippen LogP contribution in [0.2, 0.25) is 0 Å². The number of carbonyl (C=O) groups excluding carboxylic acids is 2. The van der Waals surface area contributed by atoms with E-state index in [9.17, 15) is 14.8 Å². The van der Waals surface area contributed by atoms with Crippen molar-refractivity contribution in [3.05, 3.63) is 58.3 Å². The van der Waals surface area contributed by atoms with Crippen LogP contribution in [0.5, 0.6) is 0 Å². The van der Waals surface area contributed by atoms with Crippen molar-refractivity contribution in [1.82, 2.24) is 4.57 Å². The Hall–Kier alpha value is -2.63. The van der Waals surface area contributed by atoms with E-state index in [1.54, 1.807) is 0 Å². The summed E-state index contributed by atoms with van der Waals surface area (Å²) in [5, 5.41) is 10.9. The monoisotopic (exact) mass is 314 g/mol. The molecule has 0 radical (unpaired) electrons. The number of nitrogens with zero attached hydrogens (tertiary/aromatic N) is 2. The minimum Gasteiger partial charge on any atom is -0.619 e. The highest BCUT2D eigenvalue weighted by molar-refractivity contribution is 6.00. The predicted molar refractivity (Wildman–Crippen MR) is 82.2 cm³/mol. The molecule has 2 heterocycles. The minimum absolute atomic E-state index is 0.215. The third-order valence-electron chi connectivity index (χ3n) is 4.07. The van der Waals surface area contributed by atoms with Crippen LogP contribution in [0.1, 0.15) is 51.0 Å². The number of ketones is 1. The third-order valence-corrected chi connectivity index (χ3v) is 4.07. The molecule has 0 bridgehead atoms. The Balaban J connectivity index is 1.66. The molecule has 0 aromatic carbocycles. The van der Waals surface area contributed by atoms with Crippen molar-refractivity contribution in [2.75, 3.05) is 6.61 Å². The molecule has 120 valence electrons. The number of pyridine rings is 1. The predicted octanol–water partition coefficient (Wildman–Crippen LogP) is 2.11. The van der Waals surface area contributed by atoms with Crippen molar-refractivity contribution in [1.29, 1.82) is 0 Å². The zero-order valence-electron chi connectivity index (χ0n) is 13.1. The first-order valence-corrected chi connectivity index (χ1v) is 7.55.